The smallest absolute Gasteiger partial charge is 0.193 e. The molecule has 2 fully saturated rings. The van der Waals surface area contributed by atoms with Crippen molar-refractivity contribution in [3.05, 3.63) is 23.9 Å². The fourth-order valence-electron chi connectivity index (χ4n) is 3.54. The molecule has 6 nitrogen and oxygen atoms in total. The minimum absolute atomic E-state index is 0. The van der Waals surface area contributed by atoms with Crippen LogP contribution in [-0.2, 0) is 6.54 Å². The summed E-state index contributed by atoms with van der Waals surface area (Å²) in [6.07, 6.45) is 3.12. The molecule has 3 heterocycles. The molecule has 0 saturated carbocycles. The lowest BCUT2D eigenvalue weighted by Gasteiger charge is -2.35. The molecule has 1 atom stereocenters. The molecule has 1 N–H and O–H groups in total. The summed E-state index contributed by atoms with van der Waals surface area (Å²) in [5.41, 5.74) is 1.25. The number of halogens is 1. The predicted octanol–water partition coefficient (Wildman–Crippen LogP) is 2.35. The van der Waals surface area contributed by atoms with Crippen molar-refractivity contribution >= 4 is 47.5 Å². The van der Waals surface area contributed by atoms with Gasteiger partial charge in [0.25, 0.3) is 0 Å². The second kappa shape index (κ2) is 11.3. The summed E-state index contributed by atoms with van der Waals surface area (Å²) in [5, 5.41) is 4.29. The van der Waals surface area contributed by atoms with Gasteiger partial charge in [0.1, 0.15) is 5.82 Å². The fourth-order valence-corrected chi connectivity index (χ4v) is 4.72. The molecule has 2 aliphatic rings. The lowest BCUT2D eigenvalue weighted by molar-refractivity contribution is 0.311. The maximum absolute atomic E-state index is 4.68. The van der Waals surface area contributed by atoms with Crippen LogP contribution in [0.15, 0.2) is 23.3 Å². The standard InChI is InChI=1S/C19H32N6S.HI/c1-4-17-15-25(12-13-26-17)19(20-2)22-14-16-6-5-7-21-18(16)24-10-8-23(3)9-11-24;/h5-7,17H,4,8-15H2,1-3H3,(H,20,22);1H. The molecular weight excluding hydrogens is 471 g/mol. The molecule has 152 valence electrons. The van der Waals surface area contributed by atoms with E-state index in [4.69, 9.17) is 0 Å². The quantitative estimate of drug-likeness (QED) is 0.386. The van der Waals surface area contributed by atoms with Crippen LogP contribution in [-0.4, -0.2) is 85.1 Å². The van der Waals surface area contributed by atoms with E-state index in [2.05, 4.69) is 61.8 Å². The zero-order chi connectivity index (χ0) is 18.4. The monoisotopic (exact) mass is 504 g/mol. The van der Waals surface area contributed by atoms with Gasteiger partial charge in [-0.05, 0) is 19.5 Å². The topological polar surface area (TPSA) is 47.0 Å². The first-order valence-electron chi connectivity index (χ1n) is 9.65. The molecule has 0 aromatic carbocycles. The predicted molar refractivity (Wildman–Crippen MR) is 128 cm³/mol. The number of hydrogen-bond acceptors (Lipinski definition) is 5. The van der Waals surface area contributed by atoms with E-state index in [0.717, 1.165) is 57.6 Å². The zero-order valence-corrected chi connectivity index (χ0v) is 19.9. The average Bonchev–Trinajstić information content (AvgIpc) is 2.70. The molecule has 2 saturated heterocycles. The number of nitrogens with zero attached hydrogens (tertiary/aromatic N) is 5. The van der Waals surface area contributed by atoms with Crippen LogP contribution in [0.25, 0.3) is 0 Å². The Morgan fingerprint density at radius 1 is 1.30 bits per heavy atom. The van der Waals surface area contributed by atoms with E-state index in [1.54, 1.807) is 0 Å². The third-order valence-corrected chi connectivity index (χ3v) is 6.58. The number of piperazine rings is 1. The molecule has 8 heteroatoms. The van der Waals surface area contributed by atoms with Crippen molar-refractivity contribution in [2.75, 3.05) is 64.0 Å². The molecule has 1 aromatic heterocycles. The Labute approximate surface area is 185 Å². The third-order valence-electron chi connectivity index (χ3n) is 5.21. The van der Waals surface area contributed by atoms with E-state index in [0.29, 0.717) is 5.25 Å². The van der Waals surface area contributed by atoms with Crippen LogP contribution in [0.1, 0.15) is 18.9 Å². The molecule has 3 rings (SSSR count). The van der Waals surface area contributed by atoms with Crippen molar-refractivity contribution in [2.24, 2.45) is 4.99 Å². The Balaban J connectivity index is 0.00000261. The van der Waals surface area contributed by atoms with Gasteiger partial charge in [-0.15, -0.1) is 24.0 Å². The second-order valence-corrected chi connectivity index (χ2v) is 8.43. The number of rotatable bonds is 4. The molecule has 2 aliphatic heterocycles. The summed E-state index contributed by atoms with van der Waals surface area (Å²) < 4.78 is 0. The number of aromatic nitrogens is 1. The third kappa shape index (κ3) is 6.12. The summed E-state index contributed by atoms with van der Waals surface area (Å²) in [7, 11) is 4.07. The summed E-state index contributed by atoms with van der Waals surface area (Å²) >= 11 is 2.09. The molecule has 1 unspecified atom stereocenters. The Hall–Kier alpha value is -0.740. The number of nitrogens with one attached hydrogen (secondary N) is 1. The van der Waals surface area contributed by atoms with Crippen molar-refractivity contribution in [1.82, 2.24) is 20.1 Å². The number of hydrogen-bond donors (Lipinski definition) is 1. The Bertz CT molecular complexity index is 606. The first-order chi connectivity index (χ1) is 12.7. The number of guanidine groups is 1. The molecule has 0 aliphatic carbocycles. The summed E-state index contributed by atoms with van der Waals surface area (Å²) in [6.45, 7) is 9.45. The summed E-state index contributed by atoms with van der Waals surface area (Å²) in [5.74, 6) is 3.31. The molecule has 0 radical (unpaired) electrons. The summed E-state index contributed by atoms with van der Waals surface area (Å²) in [6, 6.07) is 4.21. The minimum atomic E-state index is 0. The van der Waals surface area contributed by atoms with Gasteiger partial charge in [0.2, 0.25) is 0 Å². The average molecular weight is 504 g/mol. The lowest BCUT2D eigenvalue weighted by Crippen LogP contribution is -2.48. The number of likely N-dealkylation sites (N-methyl/N-ethyl adjacent to an activating group) is 1. The van der Waals surface area contributed by atoms with Gasteiger partial charge < -0.3 is 20.0 Å². The van der Waals surface area contributed by atoms with Crippen LogP contribution < -0.4 is 10.2 Å². The van der Waals surface area contributed by atoms with Crippen molar-refractivity contribution in [3.63, 3.8) is 0 Å². The van der Waals surface area contributed by atoms with Crippen molar-refractivity contribution in [2.45, 2.75) is 25.1 Å². The van der Waals surface area contributed by atoms with Crippen molar-refractivity contribution in [1.29, 1.82) is 0 Å². The van der Waals surface area contributed by atoms with Gasteiger partial charge in [0, 0.05) is 75.6 Å². The van der Waals surface area contributed by atoms with Gasteiger partial charge in [0.15, 0.2) is 5.96 Å². The van der Waals surface area contributed by atoms with Crippen LogP contribution in [0.5, 0.6) is 0 Å². The highest BCUT2D eigenvalue weighted by Gasteiger charge is 2.22. The second-order valence-electron chi connectivity index (χ2n) is 7.02. The molecular formula is C19H33IN6S. The number of pyridine rings is 1. The highest BCUT2D eigenvalue weighted by molar-refractivity contribution is 14.0. The van der Waals surface area contributed by atoms with Crippen LogP contribution in [0.4, 0.5) is 5.82 Å². The highest BCUT2D eigenvalue weighted by atomic mass is 127. The first kappa shape index (κ1) is 22.5. The van der Waals surface area contributed by atoms with Gasteiger partial charge in [-0.25, -0.2) is 4.98 Å². The molecule has 27 heavy (non-hydrogen) atoms. The first-order valence-corrected chi connectivity index (χ1v) is 10.7. The minimum Gasteiger partial charge on any atom is -0.354 e. The molecule has 0 bridgehead atoms. The fraction of sp³-hybridized carbons (Fsp3) is 0.684. The highest BCUT2D eigenvalue weighted by Crippen LogP contribution is 2.22. The van der Waals surface area contributed by atoms with Gasteiger partial charge >= 0.3 is 0 Å². The largest absolute Gasteiger partial charge is 0.354 e. The number of anilines is 1. The number of aliphatic imine (C=N–C) groups is 1. The van der Waals surface area contributed by atoms with E-state index in [9.17, 15) is 0 Å². The van der Waals surface area contributed by atoms with E-state index >= 15 is 0 Å². The Kier molecular flexibility index (Phi) is 9.44. The molecule has 0 amide bonds. The number of thioether (sulfide) groups is 1. The zero-order valence-electron chi connectivity index (χ0n) is 16.7. The van der Waals surface area contributed by atoms with Crippen LogP contribution in [0.2, 0.25) is 0 Å². The Morgan fingerprint density at radius 2 is 2.07 bits per heavy atom. The normalized spacial score (nSPS) is 21.7. The summed E-state index contributed by atoms with van der Waals surface area (Å²) in [4.78, 5) is 16.4. The van der Waals surface area contributed by atoms with E-state index < -0.39 is 0 Å². The van der Waals surface area contributed by atoms with E-state index in [1.165, 1.54) is 17.7 Å². The maximum atomic E-state index is 4.68. The van der Waals surface area contributed by atoms with Gasteiger partial charge in [-0.3, -0.25) is 4.99 Å². The SMILES string of the molecule is CCC1CN(C(=NC)NCc2cccnc2N2CCN(C)CC2)CCS1.I. The van der Waals surface area contributed by atoms with Gasteiger partial charge in [-0.1, -0.05) is 13.0 Å². The van der Waals surface area contributed by atoms with E-state index in [-0.39, 0.29) is 24.0 Å². The van der Waals surface area contributed by atoms with Gasteiger partial charge in [0.05, 0.1) is 0 Å². The molecule has 1 aromatic rings. The van der Waals surface area contributed by atoms with Gasteiger partial charge in [-0.2, -0.15) is 11.8 Å². The van der Waals surface area contributed by atoms with E-state index in [1.807, 2.05) is 19.3 Å². The van der Waals surface area contributed by atoms with Crippen molar-refractivity contribution in [3.8, 4) is 0 Å². The lowest BCUT2D eigenvalue weighted by atomic mass is 10.2. The molecule has 0 spiro atoms. The van der Waals surface area contributed by atoms with Crippen LogP contribution >= 0.6 is 35.7 Å². The Morgan fingerprint density at radius 3 is 2.78 bits per heavy atom. The van der Waals surface area contributed by atoms with Crippen molar-refractivity contribution < 1.29 is 0 Å². The van der Waals surface area contributed by atoms with Crippen LogP contribution in [0.3, 0.4) is 0 Å². The maximum Gasteiger partial charge on any atom is 0.193 e. The van der Waals surface area contributed by atoms with Crippen LogP contribution in [0, 0.1) is 0 Å².